The Morgan fingerprint density at radius 1 is 1.05 bits per heavy atom. The lowest BCUT2D eigenvalue weighted by atomic mass is 9.53. The normalized spacial score (nSPS) is 26.1. The van der Waals surface area contributed by atoms with Gasteiger partial charge in [0.2, 0.25) is 0 Å². The van der Waals surface area contributed by atoms with E-state index in [-0.39, 0.29) is 18.0 Å². The van der Waals surface area contributed by atoms with Crippen molar-refractivity contribution in [2.45, 2.75) is 44.3 Å². The molecule has 10 heteroatoms. The van der Waals surface area contributed by atoms with Crippen molar-refractivity contribution in [2.24, 2.45) is 23.7 Å². The Morgan fingerprint density at radius 2 is 1.90 bits per heavy atom. The molecule has 0 spiro atoms. The second-order valence-electron chi connectivity index (χ2n) is 13.0. The van der Waals surface area contributed by atoms with Crippen molar-refractivity contribution in [1.82, 2.24) is 28.9 Å². The largest absolute Gasteiger partial charge is 0.494 e. The van der Waals surface area contributed by atoms with Gasteiger partial charge in [0.15, 0.2) is 5.82 Å². The third kappa shape index (κ3) is 3.38. The Hall–Kier alpha value is -4.08. The maximum absolute atomic E-state index is 13.9. The van der Waals surface area contributed by atoms with E-state index in [1.165, 1.54) is 26.4 Å². The summed E-state index contributed by atoms with van der Waals surface area (Å²) in [7, 11) is 3.07. The molecule has 2 amide bonds. The average Bonchev–Trinajstić information content (AvgIpc) is 3.61. The molecule has 0 bridgehead atoms. The van der Waals surface area contributed by atoms with Crippen LogP contribution in [0, 0.1) is 23.7 Å². The number of aromatic nitrogens is 4. The standard InChI is InChI=1S/C32H34N6O4/c1-41-26-12-20(31(39)37-14-21-8-19-11-24(37)27(19)21)9-23-28(26)38(22-15-35(16-22)32(40)42-2)30(34-23)25-10-18-4-3-7-33-29(18)36(25)13-17-5-6-17/h3-4,7,9-10,12,17,19,21-22,24,27H,5-6,8,11,13-16H2,1-2H3/t19?,21?,24?,27-/m1/s1. The summed E-state index contributed by atoms with van der Waals surface area (Å²) in [6.07, 6.45) is 6.37. The van der Waals surface area contributed by atoms with Crippen LogP contribution in [-0.4, -0.2) is 80.8 Å². The zero-order valence-corrected chi connectivity index (χ0v) is 23.9. The summed E-state index contributed by atoms with van der Waals surface area (Å²) in [5, 5.41) is 1.07. The van der Waals surface area contributed by atoms with Crippen LogP contribution in [-0.2, 0) is 11.3 Å². The highest BCUT2D eigenvalue weighted by Gasteiger charge is 2.61. The minimum Gasteiger partial charge on any atom is -0.494 e. The molecule has 5 heterocycles. The van der Waals surface area contributed by atoms with E-state index >= 15 is 0 Å². The Labute approximate surface area is 243 Å². The molecule has 3 aliphatic carbocycles. The molecule has 42 heavy (non-hydrogen) atoms. The first kappa shape index (κ1) is 24.5. The SMILES string of the molecule is COC(=O)N1CC(n2c(-c3cc4cccnc4n3CC3CC3)nc3cc(C(=O)N4CC5CC6CC4[C@H]65)cc(OC)c32)C1. The van der Waals surface area contributed by atoms with Crippen LogP contribution in [0.3, 0.4) is 0 Å². The van der Waals surface area contributed by atoms with Crippen LogP contribution in [0.4, 0.5) is 4.79 Å². The number of methoxy groups -OCH3 is 2. The summed E-state index contributed by atoms with van der Waals surface area (Å²) in [6.45, 7) is 2.77. The van der Waals surface area contributed by atoms with Gasteiger partial charge < -0.3 is 28.4 Å². The van der Waals surface area contributed by atoms with Gasteiger partial charge in [-0.25, -0.2) is 14.8 Å². The molecular weight excluding hydrogens is 532 g/mol. The molecule has 3 saturated carbocycles. The summed E-state index contributed by atoms with van der Waals surface area (Å²) >= 11 is 0. The van der Waals surface area contributed by atoms with Gasteiger partial charge in [0.05, 0.1) is 31.5 Å². The van der Waals surface area contributed by atoms with Crippen molar-refractivity contribution < 1.29 is 19.1 Å². The number of rotatable bonds is 6. The molecule has 10 nitrogen and oxygen atoms in total. The summed E-state index contributed by atoms with van der Waals surface area (Å²) in [5.74, 6) is 4.37. The number of ether oxygens (including phenoxy) is 2. The second-order valence-corrected chi connectivity index (χ2v) is 13.0. The predicted molar refractivity (Wildman–Crippen MR) is 155 cm³/mol. The minimum atomic E-state index is -0.332. The van der Waals surface area contributed by atoms with Crippen molar-refractivity contribution in [1.29, 1.82) is 0 Å². The fourth-order valence-electron chi connectivity index (χ4n) is 8.29. The Balaban J connectivity index is 1.19. The lowest BCUT2D eigenvalue weighted by Gasteiger charge is -2.52. The van der Waals surface area contributed by atoms with E-state index in [0.29, 0.717) is 48.2 Å². The Kier molecular flexibility index (Phi) is 5.09. The summed E-state index contributed by atoms with van der Waals surface area (Å²) in [6, 6.07) is 10.4. The van der Waals surface area contributed by atoms with Crippen LogP contribution >= 0.6 is 0 Å². The second kappa shape index (κ2) is 8.72. The number of fused-ring (bicyclic) bond motifs is 2. The number of imidazole rings is 1. The maximum Gasteiger partial charge on any atom is 0.409 e. The van der Waals surface area contributed by atoms with E-state index in [2.05, 4.69) is 26.2 Å². The molecule has 0 N–H and O–H groups in total. The number of likely N-dealkylation sites (tertiary alicyclic amines) is 2. The Morgan fingerprint density at radius 3 is 2.64 bits per heavy atom. The molecule has 3 aromatic heterocycles. The average molecular weight is 567 g/mol. The van der Waals surface area contributed by atoms with Crippen LogP contribution in [0.15, 0.2) is 36.5 Å². The van der Waals surface area contributed by atoms with E-state index in [0.717, 1.165) is 59.0 Å². The molecular formula is C32H34N6O4. The number of nitrogens with zero attached hydrogens (tertiary/aromatic N) is 6. The van der Waals surface area contributed by atoms with E-state index < -0.39 is 0 Å². The van der Waals surface area contributed by atoms with Gasteiger partial charge in [-0.15, -0.1) is 0 Å². The first-order valence-corrected chi connectivity index (χ1v) is 15.2. The predicted octanol–water partition coefficient (Wildman–Crippen LogP) is 4.58. The smallest absolute Gasteiger partial charge is 0.409 e. The minimum absolute atomic E-state index is 0.0129. The van der Waals surface area contributed by atoms with Crippen LogP contribution < -0.4 is 4.74 Å². The van der Waals surface area contributed by atoms with Gasteiger partial charge in [0.1, 0.15) is 16.9 Å². The highest BCUT2D eigenvalue weighted by atomic mass is 16.5. The van der Waals surface area contributed by atoms with Crippen LogP contribution in [0.25, 0.3) is 33.6 Å². The number of carbonyl (C=O) groups excluding carboxylic acids is 2. The molecule has 9 rings (SSSR count). The molecule has 216 valence electrons. The lowest BCUT2D eigenvalue weighted by Crippen LogP contribution is -2.53. The van der Waals surface area contributed by atoms with Crippen molar-refractivity contribution in [3.8, 4) is 17.3 Å². The zero-order chi connectivity index (χ0) is 28.3. The number of hydrogen-bond donors (Lipinski definition) is 0. The number of pyridine rings is 1. The number of hydrogen-bond acceptors (Lipinski definition) is 6. The van der Waals surface area contributed by atoms with Gasteiger partial charge in [-0.05, 0) is 79.7 Å². The molecule has 5 aliphatic rings. The molecule has 5 fully saturated rings. The number of carbonyl (C=O) groups is 2. The first-order chi connectivity index (χ1) is 20.5. The molecule has 3 unspecified atom stereocenters. The van der Waals surface area contributed by atoms with Gasteiger partial charge >= 0.3 is 6.09 Å². The quantitative estimate of drug-likeness (QED) is 0.339. The number of benzene rings is 1. The van der Waals surface area contributed by atoms with Gasteiger partial charge in [-0.1, -0.05) is 0 Å². The van der Waals surface area contributed by atoms with Crippen LogP contribution in [0.2, 0.25) is 0 Å². The van der Waals surface area contributed by atoms with Crippen molar-refractivity contribution in [3.63, 3.8) is 0 Å². The topological polar surface area (TPSA) is 94.7 Å². The van der Waals surface area contributed by atoms with E-state index in [1.807, 2.05) is 24.4 Å². The molecule has 2 aliphatic heterocycles. The summed E-state index contributed by atoms with van der Waals surface area (Å²) < 4.78 is 15.5. The lowest BCUT2D eigenvalue weighted by molar-refractivity contribution is -0.0204. The van der Waals surface area contributed by atoms with Gasteiger partial charge in [0.25, 0.3) is 5.91 Å². The van der Waals surface area contributed by atoms with Crippen molar-refractivity contribution in [2.75, 3.05) is 33.9 Å². The number of amides is 2. The van der Waals surface area contributed by atoms with Crippen LogP contribution in [0.1, 0.15) is 42.1 Å². The maximum atomic E-state index is 13.9. The fraction of sp³-hybridized carbons (Fsp3) is 0.500. The molecule has 4 aromatic rings. The van der Waals surface area contributed by atoms with Gasteiger partial charge in [-0.2, -0.15) is 0 Å². The third-order valence-electron chi connectivity index (χ3n) is 10.7. The van der Waals surface area contributed by atoms with Gasteiger partial charge in [-0.3, -0.25) is 4.79 Å². The molecule has 1 aromatic carbocycles. The summed E-state index contributed by atoms with van der Waals surface area (Å²) in [5.41, 5.74) is 4.15. The molecule has 2 saturated heterocycles. The highest BCUT2D eigenvalue weighted by molar-refractivity contribution is 6.00. The highest BCUT2D eigenvalue weighted by Crippen LogP contribution is 2.60. The zero-order valence-electron chi connectivity index (χ0n) is 23.9. The molecule has 0 radical (unpaired) electrons. The summed E-state index contributed by atoms with van der Waals surface area (Å²) in [4.78, 5) is 39.9. The van der Waals surface area contributed by atoms with Crippen molar-refractivity contribution >= 4 is 34.1 Å². The first-order valence-electron chi connectivity index (χ1n) is 15.2. The fourth-order valence-corrected chi connectivity index (χ4v) is 8.29. The molecule has 4 atom stereocenters. The van der Waals surface area contributed by atoms with E-state index in [1.54, 1.807) is 12.0 Å². The Bertz CT molecular complexity index is 1780. The van der Waals surface area contributed by atoms with Crippen molar-refractivity contribution in [3.05, 3.63) is 42.1 Å². The third-order valence-corrected chi connectivity index (χ3v) is 10.7. The van der Waals surface area contributed by atoms with Crippen LogP contribution in [0.5, 0.6) is 5.75 Å². The van der Waals surface area contributed by atoms with E-state index in [9.17, 15) is 9.59 Å². The monoisotopic (exact) mass is 566 g/mol. The van der Waals surface area contributed by atoms with Gasteiger partial charge in [0, 0.05) is 49.4 Å². The van der Waals surface area contributed by atoms with E-state index in [4.69, 9.17) is 19.4 Å².